The Labute approximate surface area is 236 Å². The number of fused-ring (bicyclic) bond motifs is 3. The number of rotatable bonds is 9. The van der Waals surface area contributed by atoms with Gasteiger partial charge in [-0.1, -0.05) is 68.3 Å². The minimum absolute atomic E-state index is 0.256. The minimum Gasteiger partial charge on any atom is -0.379 e. The largest absolute Gasteiger partial charge is 0.379 e. The van der Waals surface area contributed by atoms with Crippen molar-refractivity contribution in [2.75, 3.05) is 26.3 Å². The second-order valence-electron chi connectivity index (χ2n) is 10.5. The number of unbranched alkanes of at least 4 members (excludes halogenated alkanes) is 2. The first-order chi connectivity index (χ1) is 19.5. The molecule has 40 heavy (non-hydrogen) atoms. The number of ether oxygens (including phenoxy) is 1. The van der Waals surface area contributed by atoms with Gasteiger partial charge in [0.1, 0.15) is 0 Å². The molecular weight excluding hydrogens is 518 g/mol. The van der Waals surface area contributed by atoms with Crippen LogP contribution in [0.4, 0.5) is 0 Å². The Bertz CT molecular complexity index is 1720. The van der Waals surface area contributed by atoms with Gasteiger partial charge >= 0.3 is 0 Å². The first-order valence-corrected chi connectivity index (χ1v) is 15.6. The number of nitrogens with zero attached hydrogens (tertiary/aromatic N) is 3. The van der Waals surface area contributed by atoms with Crippen molar-refractivity contribution in [3.63, 3.8) is 0 Å². The van der Waals surface area contributed by atoms with Gasteiger partial charge in [-0.15, -0.1) is 0 Å². The molecule has 1 fully saturated rings. The van der Waals surface area contributed by atoms with Crippen LogP contribution in [-0.2, 0) is 27.7 Å². The number of hydrogen-bond donors (Lipinski definition) is 0. The zero-order valence-corrected chi connectivity index (χ0v) is 23.7. The summed E-state index contributed by atoms with van der Waals surface area (Å²) in [7, 11) is -3.85. The first kappa shape index (κ1) is 26.7. The summed E-state index contributed by atoms with van der Waals surface area (Å²) in [5.41, 5.74) is 5.48. The van der Waals surface area contributed by atoms with Crippen molar-refractivity contribution in [2.45, 2.75) is 44.0 Å². The van der Waals surface area contributed by atoms with E-state index in [1.807, 2.05) is 30.3 Å². The van der Waals surface area contributed by atoms with E-state index in [-0.39, 0.29) is 4.90 Å². The third kappa shape index (κ3) is 5.29. The van der Waals surface area contributed by atoms with Crippen LogP contribution in [0.2, 0.25) is 0 Å². The molecule has 0 bridgehead atoms. The topological polar surface area (TPSA) is 64.4 Å². The number of aromatic nitrogens is 2. The Balaban J connectivity index is 1.42. The van der Waals surface area contributed by atoms with E-state index in [0.717, 1.165) is 86.1 Å². The maximum Gasteiger partial charge on any atom is 0.269 e. The fraction of sp³-hybridized carbons (Fsp3) is 0.303. The van der Waals surface area contributed by atoms with E-state index in [1.165, 1.54) is 9.54 Å². The van der Waals surface area contributed by atoms with Crippen molar-refractivity contribution in [1.82, 2.24) is 13.9 Å². The van der Waals surface area contributed by atoms with Crippen molar-refractivity contribution in [2.24, 2.45) is 0 Å². The lowest BCUT2D eigenvalue weighted by Gasteiger charge is -2.26. The molecule has 6 rings (SSSR count). The number of hydrogen-bond acceptors (Lipinski definition) is 5. The highest BCUT2D eigenvalue weighted by Crippen LogP contribution is 2.35. The molecule has 206 valence electrons. The maximum absolute atomic E-state index is 14.0. The summed E-state index contributed by atoms with van der Waals surface area (Å²) in [4.78, 5) is 7.58. The van der Waals surface area contributed by atoms with Crippen molar-refractivity contribution in [3.8, 4) is 11.1 Å². The Kier molecular flexibility index (Phi) is 7.69. The van der Waals surface area contributed by atoms with Gasteiger partial charge in [0.2, 0.25) is 0 Å². The molecule has 1 saturated heterocycles. The van der Waals surface area contributed by atoms with Gasteiger partial charge < -0.3 is 4.74 Å². The zero-order chi connectivity index (χ0) is 27.5. The van der Waals surface area contributed by atoms with Crippen LogP contribution < -0.4 is 0 Å². The second kappa shape index (κ2) is 11.5. The number of benzene rings is 3. The molecule has 3 aromatic carbocycles. The van der Waals surface area contributed by atoms with Gasteiger partial charge in [-0.05, 0) is 65.9 Å². The van der Waals surface area contributed by atoms with Gasteiger partial charge in [-0.25, -0.2) is 17.4 Å². The molecule has 0 N–H and O–H groups in total. The van der Waals surface area contributed by atoms with Crippen molar-refractivity contribution in [3.05, 3.63) is 96.2 Å². The summed E-state index contributed by atoms with van der Waals surface area (Å²) >= 11 is 0. The number of morpholine rings is 1. The summed E-state index contributed by atoms with van der Waals surface area (Å²) in [6.45, 7) is 6.60. The van der Waals surface area contributed by atoms with E-state index < -0.39 is 10.0 Å². The van der Waals surface area contributed by atoms with Crippen molar-refractivity contribution < 1.29 is 13.2 Å². The normalized spacial score (nSPS) is 14.7. The molecule has 2 aromatic heterocycles. The fourth-order valence-electron chi connectivity index (χ4n) is 5.53. The third-order valence-corrected chi connectivity index (χ3v) is 9.46. The van der Waals surface area contributed by atoms with Crippen LogP contribution in [0, 0.1) is 0 Å². The molecule has 1 aliphatic rings. The Morgan fingerprint density at radius 1 is 0.825 bits per heavy atom. The van der Waals surface area contributed by atoms with Crippen molar-refractivity contribution >= 4 is 32.0 Å². The van der Waals surface area contributed by atoms with Gasteiger partial charge in [-0.3, -0.25) is 4.90 Å². The smallest absolute Gasteiger partial charge is 0.269 e. The van der Waals surface area contributed by atoms with E-state index in [1.54, 1.807) is 24.3 Å². The van der Waals surface area contributed by atoms with Gasteiger partial charge in [0.15, 0.2) is 5.65 Å². The van der Waals surface area contributed by atoms with Crippen LogP contribution in [-0.4, -0.2) is 48.6 Å². The van der Waals surface area contributed by atoms with Crippen LogP contribution >= 0.6 is 0 Å². The van der Waals surface area contributed by atoms with Crippen LogP contribution in [0.25, 0.3) is 33.1 Å². The van der Waals surface area contributed by atoms with Crippen LogP contribution in [0.1, 0.15) is 37.4 Å². The Morgan fingerprint density at radius 3 is 2.33 bits per heavy atom. The lowest BCUT2D eigenvalue weighted by atomic mass is 10.0. The molecule has 0 saturated carbocycles. The molecule has 0 spiro atoms. The molecule has 6 nitrogen and oxygen atoms in total. The first-order valence-electron chi connectivity index (χ1n) is 14.2. The number of aryl methyl sites for hydroxylation is 1. The van der Waals surface area contributed by atoms with Gasteiger partial charge in [0, 0.05) is 36.1 Å². The molecule has 7 heteroatoms. The van der Waals surface area contributed by atoms with Crippen molar-refractivity contribution in [1.29, 1.82) is 0 Å². The molecule has 0 radical (unpaired) electrons. The molecule has 1 aliphatic heterocycles. The quantitative estimate of drug-likeness (QED) is 0.191. The predicted octanol–water partition coefficient (Wildman–Crippen LogP) is 6.66. The van der Waals surface area contributed by atoms with E-state index in [4.69, 9.17) is 9.72 Å². The van der Waals surface area contributed by atoms with Gasteiger partial charge in [0.05, 0.1) is 23.6 Å². The zero-order valence-electron chi connectivity index (χ0n) is 22.9. The van der Waals surface area contributed by atoms with E-state index >= 15 is 0 Å². The highest BCUT2D eigenvalue weighted by molar-refractivity contribution is 7.90. The summed E-state index contributed by atoms with van der Waals surface area (Å²) in [5.74, 6) is 0. The monoisotopic (exact) mass is 553 g/mol. The molecule has 0 atom stereocenters. The lowest BCUT2D eigenvalue weighted by Crippen LogP contribution is -2.35. The standard InChI is InChI=1S/C33H35N3O3S/c1-2-3-5-8-28-16-17-30-31-23-27(26-13-11-25(12-14-26)24-35-19-21-39-22-20-35)15-18-32(31)36(33(30)34-28)40(37,38)29-9-6-4-7-10-29/h4,6-7,9-18,23H,2-3,5,8,19-22,24H2,1H3. The highest BCUT2D eigenvalue weighted by Gasteiger charge is 2.24. The summed E-state index contributed by atoms with van der Waals surface area (Å²) in [5, 5.41) is 1.73. The van der Waals surface area contributed by atoms with Crippen LogP contribution in [0.15, 0.2) is 89.8 Å². The molecule has 3 heterocycles. The Morgan fingerprint density at radius 2 is 1.57 bits per heavy atom. The average Bonchev–Trinajstić information content (AvgIpc) is 3.32. The summed E-state index contributed by atoms with van der Waals surface area (Å²) < 4.78 is 34.8. The summed E-state index contributed by atoms with van der Waals surface area (Å²) in [6.07, 6.45) is 4.12. The van der Waals surface area contributed by atoms with E-state index in [0.29, 0.717) is 11.2 Å². The second-order valence-corrected chi connectivity index (χ2v) is 12.3. The Hall–Kier alpha value is -3.52. The molecule has 5 aromatic rings. The average molecular weight is 554 g/mol. The molecule has 0 amide bonds. The minimum atomic E-state index is -3.85. The van der Waals surface area contributed by atoms with Crippen LogP contribution in [0.5, 0.6) is 0 Å². The van der Waals surface area contributed by atoms with E-state index in [9.17, 15) is 8.42 Å². The van der Waals surface area contributed by atoms with E-state index in [2.05, 4.69) is 42.2 Å². The lowest BCUT2D eigenvalue weighted by molar-refractivity contribution is 0.0342. The number of pyridine rings is 1. The SMILES string of the molecule is CCCCCc1ccc2c3cc(-c4ccc(CN5CCOCC5)cc4)ccc3n(S(=O)(=O)c3ccccc3)c2n1. The van der Waals surface area contributed by atoms with Gasteiger partial charge in [0.25, 0.3) is 10.0 Å². The molecule has 0 aliphatic carbocycles. The molecule has 0 unspecified atom stereocenters. The third-order valence-electron chi connectivity index (χ3n) is 7.75. The maximum atomic E-state index is 14.0. The summed E-state index contributed by atoms with van der Waals surface area (Å²) in [6, 6.07) is 27.4. The van der Waals surface area contributed by atoms with Crippen LogP contribution in [0.3, 0.4) is 0 Å². The molecular formula is C33H35N3O3S. The van der Waals surface area contributed by atoms with Gasteiger partial charge in [-0.2, -0.15) is 0 Å². The fourth-order valence-corrected chi connectivity index (χ4v) is 7.03. The highest BCUT2D eigenvalue weighted by atomic mass is 32.2. The predicted molar refractivity (Wildman–Crippen MR) is 161 cm³/mol.